The summed E-state index contributed by atoms with van der Waals surface area (Å²) in [6.45, 7) is 2.29. The molecule has 0 fully saturated rings. The number of methoxy groups -OCH3 is 3. The minimum absolute atomic E-state index is 0.703. The summed E-state index contributed by atoms with van der Waals surface area (Å²) < 4.78 is 16.4. The van der Waals surface area contributed by atoms with Gasteiger partial charge in [-0.25, -0.2) is 0 Å². The number of hydrogen-bond donors (Lipinski definition) is 1. The fraction of sp³-hybridized carbons (Fsp3) is 0.500. The molecule has 0 aliphatic rings. The average molecular weight is 304 g/mol. The van der Waals surface area contributed by atoms with Gasteiger partial charge in [-0.2, -0.15) is 0 Å². The molecule has 0 saturated carbocycles. The molecule has 96 valence electrons. The van der Waals surface area contributed by atoms with Crippen LogP contribution >= 0.6 is 15.9 Å². The first-order valence-corrected chi connectivity index (χ1v) is 6.12. The molecule has 0 spiro atoms. The lowest BCUT2D eigenvalue weighted by atomic mass is 10.2. The molecule has 0 saturated heterocycles. The molecule has 0 aliphatic carbocycles. The van der Waals surface area contributed by atoms with Gasteiger partial charge >= 0.3 is 0 Å². The molecule has 4 nitrogen and oxygen atoms in total. The zero-order valence-electron chi connectivity index (χ0n) is 10.4. The van der Waals surface area contributed by atoms with Crippen LogP contribution in [0.15, 0.2) is 16.6 Å². The van der Waals surface area contributed by atoms with Gasteiger partial charge in [0.1, 0.15) is 0 Å². The summed E-state index contributed by atoms with van der Waals surface area (Å²) >= 11 is 3.46. The Kier molecular flexibility index (Phi) is 6.32. The van der Waals surface area contributed by atoms with Crippen LogP contribution in [0, 0.1) is 0 Å². The number of hydrogen-bond acceptors (Lipinski definition) is 4. The molecule has 0 aliphatic heterocycles. The van der Waals surface area contributed by atoms with Crippen LogP contribution in [0.3, 0.4) is 0 Å². The van der Waals surface area contributed by atoms with Crippen molar-refractivity contribution in [3.05, 3.63) is 22.2 Å². The zero-order chi connectivity index (χ0) is 12.7. The van der Waals surface area contributed by atoms with Crippen molar-refractivity contribution in [1.82, 2.24) is 5.32 Å². The van der Waals surface area contributed by atoms with E-state index in [0.29, 0.717) is 12.4 Å². The third-order valence-corrected chi connectivity index (χ3v) is 2.89. The number of benzene rings is 1. The van der Waals surface area contributed by atoms with E-state index in [0.717, 1.165) is 28.9 Å². The second kappa shape index (κ2) is 7.53. The quantitative estimate of drug-likeness (QED) is 0.784. The summed E-state index contributed by atoms with van der Waals surface area (Å²) in [5.74, 6) is 1.44. The molecule has 0 heterocycles. The molecule has 0 aromatic heterocycles. The molecular weight excluding hydrogens is 286 g/mol. The van der Waals surface area contributed by atoms with E-state index in [1.54, 1.807) is 21.3 Å². The van der Waals surface area contributed by atoms with Crippen molar-refractivity contribution < 1.29 is 14.2 Å². The van der Waals surface area contributed by atoms with Crippen LogP contribution < -0.4 is 14.8 Å². The molecule has 5 heteroatoms. The second-order valence-corrected chi connectivity index (χ2v) is 4.34. The van der Waals surface area contributed by atoms with E-state index >= 15 is 0 Å². The van der Waals surface area contributed by atoms with Gasteiger partial charge in [0.25, 0.3) is 0 Å². The van der Waals surface area contributed by atoms with Crippen LogP contribution in [-0.4, -0.2) is 34.5 Å². The predicted molar refractivity (Wildman–Crippen MR) is 70.8 cm³/mol. The third kappa shape index (κ3) is 4.18. The summed E-state index contributed by atoms with van der Waals surface area (Å²) in [5, 5.41) is 3.28. The van der Waals surface area contributed by atoms with E-state index in [1.165, 1.54) is 0 Å². The number of rotatable bonds is 7. The molecule has 1 aromatic rings. The standard InChI is InChI=1S/C12H18BrNO3/c1-15-5-4-14-8-9-6-10(13)12(17-3)11(7-9)16-2/h6-7,14H,4-5,8H2,1-3H3. The lowest BCUT2D eigenvalue weighted by Crippen LogP contribution is -2.18. The Bertz CT molecular complexity index is 358. The van der Waals surface area contributed by atoms with Crippen LogP contribution in [0.2, 0.25) is 0 Å². The van der Waals surface area contributed by atoms with Gasteiger partial charge in [-0.3, -0.25) is 0 Å². The fourth-order valence-corrected chi connectivity index (χ4v) is 2.13. The average Bonchev–Trinajstić information content (AvgIpc) is 2.34. The normalized spacial score (nSPS) is 10.4. The van der Waals surface area contributed by atoms with Gasteiger partial charge in [0, 0.05) is 20.2 Å². The Morgan fingerprint density at radius 1 is 1.18 bits per heavy atom. The number of nitrogens with one attached hydrogen (secondary N) is 1. The van der Waals surface area contributed by atoms with Gasteiger partial charge in [0.05, 0.1) is 25.3 Å². The highest BCUT2D eigenvalue weighted by atomic mass is 79.9. The monoisotopic (exact) mass is 303 g/mol. The maximum Gasteiger partial charge on any atom is 0.174 e. The van der Waals surface area contributed by atoms with Crippen LogP contribution in [-0.2, 0) is 11.3 Å². The first kappa shape index (κ1) is 14.3. The molecule has 1 rings (SSSR count). The molecule has 0 atom stereocenters. The summed E-state index contributed by atoms with van der Waals surface area (Å²) in [7, 11) is 4.94. The molecule has 0 amide bonds. The van der Waals surface area contributed by atoms with Crippen molar-refractivity contribution >= 4 is 15.9 Å². The zero-order valence-corrected chi connectivity index (χ0v) is 12.0. The van der Waals surface area contributed by atoms with E-state index in [1.807, 2.05) is 12.1 Å². The molecule has 1 N–H and O–H groups in total. The van der Waals surface area contributed by atoms with Gasteiger partial charge in [-0.1, -0.05) is 0 Å². The summed E-state index contributed by atoms with van der Waals surface area (Å²) in [6, 6.07) is 3.98. The van der Waals surface area contributed by atoms with Crippen molar-refractivity contribution in [3.8, 4) is 11.5 Å². The summed E-state index contributed by atoms with van der Waals surface area (Å²) in [5.41, 5.74) is 1.13. The highest BCUT2D eigenvalue weighted by molar-refractivity contribution is 9.10. The van der Waals surface area contributed by atoms with Gasteiger partial charge in [-0.15, -0.1) is 0 Å². The van der Waals surface area contributed by atoms with Gasteiger partial charge in [0.15, 0.2) is 11.5 Å². The van der Waals surface area contributed by atoms with Crippen LogP contribution in [0.1, 0.15) is 5.56 Å². The van der Waals surface area contributed by atoms with Crippen molar-refractivity contribution in [2.24, 2.45) is 0 Å². The van der Waals surface area contributed by atoms with Crippen LogP contribution in [0.5, 0.6) is 11.5 Å². The fourth-order valence-electron chi connectivity index (χ4n) is 1.48. The topological polar surface area (TPSA) is 39.7 Å². The Morgan fingerprint density at radius 2 is 1.94 bits per heavy atom. The highest BCUT2D eigenvalue weighted by Crippen LogP contribution is 2.36. The smallest absolute Gasteiger partial charge is 0.174 e. The number of ether oxygens (including phenoxy) is 3. The van der Waals surface area contributed by atoms with Crippen molar-refractivity contribution in [1.29, 1.82) is 0 Å². The Balaban J connectivity index is 2.70. The summed E-state index contributed by atoms with van der Waals surface area (Å²) in [4.78, 5) is 0. The number of halogens is 1. The van der Waals surface area contributed by atoms with Crippen molar-refractivity contribution in [2.45, 2.75) is 6.54 Å². The van der Waals surface area contributed by atoms with E-state index in [-0.39, 0.29) is 0 Å². The molecular formula is C12H18BrNO3. The molecule has 17 heavy (non-hydrogen) atoms. The van der Waals surface area contributed by atoms with Gasteiger partial charge in [0.2, 0.25) is 0 Å². The van der Waals surface area contributed by atoms with E-state index in [9.17, 15) is 0 Å². The van der Waals surface area contributed by atoms with E-state index in [2.05, 4.69) is 21.2 Å². The minimum Gasteiger partial charge on any atom is -0.493 e. The summed E-state index contributed by atoms with van der Waals surface area (Å²) in [6.07, 6.45) is 0. The molecule has 0 bridgehead atoms. The SMILES string of the molecule is COCCNCc1cc(Br)c(OC)c(OC)c1. The Labute approximate surface area is 110 Å². The van der Waals surface area contributed by atoms with Crippen LogP contribution in [0.25, 0.3) is 0 Å². The van der Waals surface area contributed by atoms with Crippen molar-refractivity contribution in [3.63, 3.8) is 0 Å². The van der Waals surface area contributed by atoms with Crippen LogP contribution in [0.4, 0.5) is 0 Å². The molecule has 1 aromatic carbocycles. The largest absolute Gasteiger partial charge is 0.493 e. The van der Waals surface area contributed by atoms with Crippen molar-refractivity contribution in [2.75, 3.05) is 34.5 Å². The van der Waals surface area contributed by atoms with E-state index in [4.69, 9.17) is 14.2 Å². The predicted octanol–water partition coefficient (Wildman–Crippen LogP) is 2.20. The molecule has 0 radical (unpaired) electrons. The first-order chi connectivity index (χ1) is 8.22. The lowest BCUT2D eigenvalue weighted by molar-refractivity contribution is 0.199. The first-order valence-electron chi connectivity index (χ1n) is 5.33. The maximum atomic E-state index is 5.28. The Morgan fingerprint density at radius 3 is 2.53 bits per heavy atom. The van der Waals surface area contributed by atoms with Gasteiger partial charge < -0.3 is 19.5 Å². The third-order valence-electron chi connectivity index (χ3n) is 2.31. The van der Waals surface area contributed by atoms with Gasteiger partial charge in [-0.05, 0) is 33.6 Å². The molecule has 0 unspecified atom stereocenters. The maximum absolute atomic E-state index is 5.28. The highest BCUT2D eigenvalue weighted by Gasteiger charge is 2.09. The Hall–Kier alpha value is -0.780. The second-order valence-electron chi connectivity index (χ2n) is 3.48. The lowest BCUT2D eigenvalue weighted by Gasteiger charge is -2.12. The van der Waals surface area contributed by atoms with E-state index < -0.39 is 0 Å². The minimum atomic E-state index is 0.703.